The minimum Gasteiger partial charge on any atom is -0.506 e. The Morgan fingerprint density at radius 2 is 1.91 bits per heavy atom. The summed E-state index contributed by atoms with van der Waals surface area (Å²) in [5.74, 6) is 0.510. The molecule has 0 saturated heterocycles. The average Bonchev–Trinajstić information content (AvgIpc) is 2.52. The van der Waals surface area contributed by atoms with Crippen LogP contribution in [0, 0.1) is 0 Å². The van der Waals surface area contributed by atoms with Gasteiger partial charge in [-0.1, -0.05) is 13.0 Å². The van der Waals surface area contributed by atoms with E-state index in [1.165, 1.54) is 0 Å². The summed E-state index contributed by atoms with van der Waals surface area (Å²) in [5.41, 5.74) is 1.07. The van der Waals surface area contributed by atoms with Crippen LogP contribution < -0.4 is 10.1 Å². The van der Waals surface area contributed by atoms with Crippen LogP contribution in [0.3, 0.4) is 0 Å². The molecule has 6 heteroatoms. The molecular weight excluding hydrogens is 426 g/mol. The lowest BCUT2D eigenvalue weighted by atomic mass is 10.2. The van der Waals surface area contributed by atoms with Crippen molar-refractivity contribution in [2.45, 2.75) is 26.4 Å². The van der Waals surface area contributed by atoms with Gasteiger partial charge in [-0.15, -0.1) is 0 Å². The summed E-state index contributed by atoms with van der Waals surface area (Å²) in [6, 6.07) is 10.3. The molecule has 0 saturated carbocycles. The molecule has 0 fully saturated rings. The Kier molecular flexibility index (Phi) is 6.07. The molecule has 1 amide bonds. The van der Waals surface area contributed by atoms with Gasteiger partial charge in [-0.05, 0) is 75.5 Å². The van der Waals surface area contributed by atoms with Crippen LogP contribution in [0.2, 0.25) is 0 Å². The molecule has 0 aliphatic rings. The first-order valence-corrected chi connectivity index (χ1v) is 8.75. The largest absolute Gasteiger partial charge is 0.506 e. The summed E-state index contributed by atoms with van der Waals surface area (Å²) in [6.45, 7) is 4.03. The number of nitrogens with one attached hydrogen (secondary N) is 1. The zero-order valence-corrected chi connectivity index (χ0v) is 15.9. The number of phenols is 1. The predicted molar refractivity (Wildman–Crippen MR) is 98.3 cm³/mol. The van der Waals surface area contributed by atoms with Crippen molar-refractivity contribution in [3.8, 4) is 11.5 Å². The van der Waals surface area contributed by atoms with E-state index in [1.807, 2.05) is 19.9 Å². The fourth-order valence-corrected chi connectivity index (χ4v) is 3.05. The zero-order valence-electron chi connectivity index (χ0n) is 12.8. The molecule has 0 aliphatic heterocycles. The highest BCUT2D eigenvalue weighted by Crippen LogP contribution is 2.35. The maximum atomic E-state index is 12.4. The smallest absolute Gasteiger partial charge is 0.255 e. The topological polar surface area (TPSA) is 58.6 Å². The van der Waals surface area contributed by atoms with Crippen molar-refractivity contribution < 1.29 is 14.6 Å². The van der Waals surface area contributed by atoms with Gasteiger partial charge in [0.2, 0.25) is 0 Å². The Morgan fingerprint density at radius 3 is 2.52 bits per heavy atom. The van der Waals surface area contributed by atoms with Crippen LogP contribution in [-0.2, 0) is 0 Å². The quantitative estimate of drug-likeness (QED) is 0.613. The molecule has 2 aromatic rings. The number of carbonyl (C=O) groups excluding carboxylic acids is 1. The van der Waals surface area contributed by atoms with Gasteiger partial charge >= 0.3 is 0 Å². The van der Waals surface area contributed by atoms with Gasteiger partial charge in [0.25, 0.3) is 5.91 Å². The molecule has 0 unspecified atom stereocenters. The monoisotopic (exact) mass is 441 g/mol. The van der Waals surface area contributed by atoms with Gasteiger partial charge in [-0.25, -0.2) is 0 Å². The molecule has 0 heterocycles. The maximum Gasteiger partial charge on any atom is 0.255 e. The second-order valence-electron chi connectivity index (χ2n) is 5.11. The number of carbonyl (C=O) groups is 1. The summed E-state index contributed by atoms with van der Waals surface area (Å²) in [5, 5.41) is 12.5. The number of rotatable bonds is 5. The van der Waals surface area contributed by atoms with Gasteiger partial charge in [0, 0.05) is 11.3 Å². The standard InChI is InChI=1S/C17H17Br2NO3/c1-3-10(2)23-13-6-4-5-11(7-13)17(22)20-12-8-14(18)16(21)15(19)9-12/h4-10,21H,3H2,1-2H3,(H,20,22)/t10-/m1/s1. The van der Waals surface area contributed by atoms with E-state index in [-0.39, 0.29) is 17.8 Å². The van der Waals surface area contributed by atoms with Gasteiger partial charge in [0.05, 0.1) is 15.0 Å². The third kappa shape index (κ3) is 4.72. The SMILES string of the molecule is CC[C@@H](C)Oc1cccc(C(=O)Nc2cc(Br)c(O)c(Br)c2)c1. The van der Waals surface area contributed by atoms with Crippen molar-refractivity contribution in [3.63, 3.8) is 0 Å². The highest BCUT2D eigenvalue weighted by Gasteiger charge is 2.11. The Balaban J connectivity index is 2.16. The average molecular weight is 443 g/mol. The van der Waals surface area contributed by atoms with E-state index in [4.69, 9.17) is 4.74 Å². The fraction of sp³-hybridized carbons (Fsp3) is 0.235. The molecule has 2 rings (SSSR count). The highest BCUT2D eigenvalue weighted by atomic mass is 79.9. The lowest BCUT2D eigenvalue weighted by molar-refractivity contribution is 0.102. The van der Waals surface area contributed by atoms with Crippen LogP contribution in [-0.4, -0.2) is 17.1 Å². The molecular formula is C17H17Br2NO3. The molecule has 1 atom stereocenters. The number of benzene rings is 2. The number of anilines is 1. The first-order valence-electron chi connectivity index (χ1n) is 7.16. The van der Waals surface area contributed by atoms with Crippen molar-refractivity contribution in [3.05, 3.63) is 50.9 Å². The lowest BCUT2D eigenvalue weighted by Crippen LogP contribution is -2.13. The third-order valence-electron chi connectivity index (χ3n) is 3.28. The normalized spacial score (nSPS) is 11.8. The summed E-state index contributed by atoms with van der Waals surface area (Å²) in [4.78, 5) is 12.4. The first-order chi connectivity index (χ1) is 10.9. The lowest BCUT2D eigenvalue weighted by Gasteiger charge is -2.13. The second kappa shape index (κ2) is 7.84. The Bertz CT molecular complexity index is 696. The summed E-state index contributed by atoms with van der Waals surface area (Å²) < 4.78 is 6.72. The van der Waals surface area contributed by atoms with E-state index in [1.54, 1.807) is 30.3 Å². The van der Waals surface area contributed by atoms with Crippen LogP contribution in [0.15, 0.2) is 45.3 Å². The van der Waals surface area contributed by atoms with Gasteiger partial charge < -0.3 is 15.2 Å². The number of phenolic OH excluding ortho intramolecular Hbond substituents is 1. The minimum absolute atomic E-state index is 0.0898. The van der Waals surface area contributed by atoms with Crippen molar-refractivity contribution >= 4 is 43.5 Å². The highest BCUT2D eigenvalue weighted by molar-refractivity contribution is 9.11. The van der Waals surface area contributed by atoms with E-state index in [0.29, 0.717) is 25.9 Å². The number of hydrogen-bond donors (Lipinski definition) is 2. The Hall–Kier alpha value is -1.53. The van der Waals surface area contributed by atoms with Crippen LogP contribution >= 0.6 is 31.9 Å². The van der Waals surface area contributed by atoms with Crippen molar-refractivity contribution in [2.75, 3.05) is 5.32 Å². The molecule has 2 aromatic carbocycles. The number of amides is 1. The Labute approximate surface area is 152 Å². The van der Waals surface area contributed by atoms with Crippen molar-refractivity contribution in [2.24, 2.45) is 0 Å². The third-order valence-corrected chi connectivity index (χ3v) is 4.49. The first kappa shape index (κ1) is 17.8. The summed E-state index contributed by atoms with van der Waals surface area (Å²) in [7, 11) is 0. The molecule has 23 heavy (non-hydrogen) atoms. The molecule has 2 N–H and O–H groups in total. The predicted octanol–water partition coefficient (Wildman–Crippen LogP) is 5.35. The van der Waals surface area contributed by atoms with Gasteiger partial charge in [0.15, 0.2) is 0 Å². The molecule has 0 bridgehead atoms. The van der Waals surface area contributed by atoms with Crippen LogP contribution in [0.25, 0.3) is 0 Å². The molecule has 0 aliphatic carbocycles. The van der Waals surface area contributed by atoms with Crippen LogP contribution in [0.1, 0.15) is 30.6 Å². The van der Waals surface area contributed by atoms with E-state index in [0.717, 1.165) is 6.42 Å². The van der Waals surface area contributed by atoms with Gasteiger partial charge in [-0.3, -0.25) is 4.79 Å². The van der Waals surface area contributed by atoms with E-state index in [2.05, 4.69) is 37.2 Å². The van der Waals surface area contributed by atoms with E-state index < -0.39 is 0 Å². The Morgan fingerprint density at radius 1 is 1.26 bits per heavy atom. The number of hydrogen-bond acceptors (Lipinski definition) is 3. The second-order valence-corrected chi connectivity index (χ2v) is 6.82. The summed E-state index contributed by atoms with van der Waals surface area (Å²) in [6.07, 6.45) is 0.990. The minimum atomic E-state index is -0.246. The summed E-state index contributed by atoms with van der Waals surface area (Å²) >= 11 is 6.48. The fourth-order valence-electron chi connectivity index (χ4n) is 1.87. The van der Waals surface area contributed by atoms with Crippen molar-refractivity contribution in [1.29, 1.82) is 0 Å². The van der Waals surface area contributed by atoms with E-state index in [9.17, 15) is 9.90 Å². The van der Waals surface area contributed by atoms with Crippen LogP contribution in [0.5, 0.6) is 11.5 Å². The molecule has 122 valence electrons. The molecule has 4 nitrogen and oxygen atoms in total. The van der Waals surface area contributed by atoms with Gasteiger partial charge in [0.1, 0.15) is 11.5 Å². The van der Waals surface area contributed by atoms with Crippen LogP contribution in [0.4, 0.5) is 5.69 Å². The molecule has 0 spiro atoms. The number of halogens is 2. The maximum absolute atomic E-state index is 12.4. The number of aromatic hydroxyl groups is 1. The molecule has 0 radical (unpaired) electrons. The number of ether oxygens (including phenoxy) is 1. The molecule has 0 aromatic heterocycles. The van der Waals surface area contributed by atoms with E-state index >= 15 is 0 Å². The van der Waals surface area contributed by atoms with Crippen molar-refractivity contribution in [1.82, 2.24) is 0 Å². The van der Waals surface area contributed by atoms with Gasteiger partial charge in [-0.2, -0.15) is 0 Å². The zero-order chi connectivity index (χ0) is 17.0.